The molecule has 0 spiro atoms. The zero-order valence-corrected chi connectivity index (χ0v) is 20.6. The minimum Gasteiger partial charge on any atom is -0.350 e. The maximum atomic E-state index is 13.0. The molecule has 0 radical (unpaired) electrons. The van der Waals surface area contributed by atoms with Crippen molar-refractivity contribution in [3.63, 3.8) is 0 Å². The molecule has 0 atom stereocenters. The molecule has 1 aliphatic rings. The standard InChI is InChI=1S/C26H18Cl2F3N3O3/c1-2-14-6-9-18(10-7-14)34-24(36)21(28)22(25(34)37)32-17-5-3-4-15(12-17)23(35)33-20-13-16(26(29,30)31)8-11-19(20)27/h3-13,32H,2H2,1H3,(H,33,35). The van der Waals surface area contributed by atoms with Crippen molar-refractivity contribution in [2.75, 3.05) is 15.5 Å². The number of carbonyl (C=O) groups is 3. The van der Waals surface area contributed by atoms with Crippen molar-refractivity contribution >= 4 is 58.0 Å². The van der Waals surface area contributed by atoms with Gasteiger partial charge in [0.15, 0.2) is 0 Å². The first-order valence-electron chi connectivity index (χ1n) is 10.9. The third-order valence-corrected chi connectivity index (χ3v) is 6.25. The van der Waals surface area contributed by atoms with Gasteiger partial charge < -0.3 is 10.6 Å². The molecule has 2 N–H and O–H groups in total. The van der Waals surface area contributed by atoms with Crippen LogP contribution in [0.15, 0.2) is 77.5 Å². The number of anilines is 3. The van der Waals surface area contributed by atoms with Gasteiger partial charge in [0, 0.05) is 11.3 Å². The van der Waals surface area contributed by atoms with Crippen LogP contribution in [0.25, 0.3) is 0 Å². The average molecular weight is 548 g/mol. The number of amides is 3. The van der Waals surface area contributed by atoms with Crippen molar-refractivity contribution in [1.82, 2.24) is 0 Å². The molecule has 0 saturated carbocycles. The lowest BCUT2D eigenvalue weighted by Crippen LogP contribution is -2.32. The fourth-order valence-electron chi connectivity index (χ4n) is 3.60. The molecule has 0 aromatic heterocycles. The van der Waals surface area contributed by atoms with Crippen molar-refractivity contribution in [2.45, 2.75) is 19.5 Å². The van der Waals surface area contributed by atoms with Crippen LogP contribution in [0.3, 0.4) is 0 Å². The molecule has 0 unspecified atom stereocenters. The number of nitrogens with one attached hydrogen (secondary N) is 2. The Bertz CT molecular complexity index is 1440. The van der Waals surface area contributed by atoms with E-state index in [1.807, 2.05) is 6.92 Å². The van der Waals surface area contributed by atoms with E-state index >= 15 is 0 Å². The number of imide groups is 1. The second-order valence-electron chi connectivity index (χ2n) is 8.01. The Labute approximate surface area is 219 Å². The van der Waals surface area contributed by atoms with Crippen molar-refractivity contribution in [3.8, 4) is 0 Å². The highest BCUT2D eigenvalue weighted by Crippen LogP contribution is 2.34. The Morgan fingerprint density at radius 1 is 0.946 bits per heavy atom. The van der Waals surface area contributed by atoms with E-state index < -0.39 is 29.5 Å². The van der Waals surface area contributed by atoms with Crippen LogP contribution in [-0.4, -0.2) is 17.7 Å². The molecule has 3 aromatic carbocycles. The predicted octanol–water partition coefficient (Wildman–Crippen LogP) is 6.61. The number of nitrogens with zero attached hydrogens (tertiary/aromatic N) is 1. The fraction of sp³-hybridized carbons (Fsp3) is 0.115. The molecule has 3 amide bonds. The van der Waals surface area contributed by atoms with E-state index in [2.05, 4.69) is 10.6 Å². The molecule has 190 valence electrons. The van der Waals surface area contributed by atoms with Crippen LogP contribution in [0.2, 0.25) is 5.02 Å². The molecule has 11 heteroatoms. The summed E-state index contributed by atoms with van der Waals surface area (Å²) in [5, 5.41) is 4.73. The van der Waals surface area contributed by atoms with E-state index in [9.17, 15) is 27.6 Å². The molecule has 37 heavy (non-hydrogen) atoms. The van der Waals surface area contributed by atoms with Crippen molar-refractivity contribution in [3.05, 3.63) is 99.2 Å². The van der Waals surface area contributed by atoms with Gasteiger partial charge in [0.05, 0.1) is 22.0 Å². The summed E-state index contributed by atoms with van der Waals surface area (Å²) < 4.78 is 39.1. The van der Waals surface area contributed by atoms with Gasteiger partial charge in [-0.15, -0.1) is 0 Å². The third-order valence-electron chi connectivity index (χ3n) is 5.57. The first kappa shape index (κ1) is 26.2. The number of hydrogen-bond donors (Lipinski definition) is 2. The van der Waals surface area contributed by atoms with E-state index in [4.69, 9.17) is 23.2 Å². The molecule has 0 saturated heterocycles. The number of halogens is 5. The number of alkyl halides is 3. The molecular weight excluding hydrogens is 530 g/mol. The molecule has 0 aliphatic carbocycles. The zero-order chi connectivity index (χ0) is 26.9. The molecule has 6 nitrogen and oxygen atoms in total. The Morgan fingerprint density at radius 2 is 1.65 bits per heavy atom. The smallest absolute Gasteiger partial charge is 0.350 e. The van der Waals surface area contributed by atoms with E-state index in [1.165, 1.54) is 24.3 Å². The Kier molecular flexibility index (Phi) is 7.29. The fourth-order valence-corrected chi connectivity index (χ4v) is 3.98. The first-order chi connectivity index (χ1) is 17.5. The van der Waals surface area contributed by atoms with Crippen LogP contribution < -0.4 is 15.5 Å². The summed E-state index contributed by atoms with van der Waals surface area (Å²) in [5.41, 5.74) is 0.327. The Balaban J connectivity index is 1.54. The normalized spacial score (nSPS) is 13.8. The molecule has 3 aromatic rings. The van der Waals surface area contributed by atoms with Crippen LogP contribution in [-0.2, 0) is 22.2 Å². The molecule has 0 fully saturated rings. The van der Waals surface area contributed by atoms with Crippen LogP contribution in [0, 0.1) is 0 Å². The summed E-state index contributed by atoms with van der Waals surface area (Å²) in [6.45, 7) is 1.98. The maximum Gasteiger partial charge on any atom is 0.416 e. The summed E-state index contributed by atoms with van der Waals surface area (Å²) in [4.78, 5) is 39.4. The van der Waals surface area contributed by atoms with Crippen LogP contribution in [0.1, 0.15) is 28.4 Å². The lowest BCUT2D eigenvalue weighted by atomic mass is 10.1. The third kappa shape index (κ3) is 5.47. The SMILES string of the molecule is CCc1ccc(N2C(=O)C(Cl)=C(Nc3cccc(C(=O)Nc4cc(C(F)(F)F)ccc4Cl)c3)C2=O)cc1. The molecule has 4 rings (SSSR count). The molecule has 1 aliphatic heterocycles. The molecule has 1 heterocycles. The molecular formula is C26H18Cl2F3N3O3. The minimum atomic E-state index is -4.61. The molecule has 0 bridgehead atoms. The van der Waals surface area contributed by atoms with Gasteiger partial charge in [0.25, 0.3) is 17.7 Å². The van der Waals surface area contributed by atoms with Gasteiger partial charge in [0.2, 0.25) is 0 Å². The van der Waals surface area contributed by atoms with Gasteiger partial charge >= 0.3 is 6.18 Å². The number of hydrogen-bond acceptors (Lipinski definition) is 4. The monoisotopic (exact) mass is 547 g/mol. The summed E-state index contributed by atoms with van der Waals surface area (Å²) in [6.07, 6.45) is -3.82. The highest BCUT2D eigenvalue weighted by Gasteiger charge is 2.39. The van der Waals surface area contributed by atoms with Gasteiger partial charge in [-0.25, -0.2) is 4.90 Å². The topological polar surface area (TPSA) is 78.5 Å². The van der Waals surface area contributed by atoms with Crippen LogP contribution in [0.5, 0.6) is 0 Å². The highest BCUT2D eigenvalue weighted by atomic mass is 35.5. The Hall–Kier alpha value is -3.82. The summed E-state index contributed by atoms with van der Waals surface area (Å²) in [5.74, 6) is -2.12. The van der Waals surface area contributed by atoms with Crippen molar-refractivity contribution < 1.29 is 27.6 Å². The maximum absolute atomic E-state index is 13.0. The summed E-state index contributed by atoms with van der Waals surface area (Å²) in [6, 6.07) is 15.3. The van der Waals surface area contributed by atoms with Crippen LogP contribution in [0.4, 0.5) is 30.2 Å². The van der Waals surface area contributed by atoms with Crippen molar-refractivity contribution in [2.24, 2.45) is 0 Å². The van der Waals surface area contributed by atoms with Crippen molar-refractivity contribution in [1.29, 1.82) is 0 Å². The van der Waals surface area contributed by atoms with Crippen LogP contribution >= 0.6 is 23.2 Å². The number of rotatable bonds is 6. The zero-order valence-electron chi connectivity index (χ0n) is 19.1. The van der Waals surface area contributed by atoms with Gasteiger partial charge in [-0.2, -0.15) is 13.2 Å². The highest BCUT2D eigenvalue weighted by molar-refractivity contribution is 6.53. The lowest BCUT2D eigenvalue weighted by Gasteiger charge is -2.16. The van der Waals surface area contributed by atoms with Gasteiger partial charge in [0.1, 0.15) is 10.7 Å². The van der Waals surface area contributed by atoms with Gasteiger partial charge in [-0.05, 0) is 60.5 Å². The van der Waals surface area contributed by atoms with Gasteiger partial charge in [-0.3, -0.25) is 14.4 Å². The predicted molar refractivity (Wildman–Crippen MR) is 136 cm³/mol. The largest absolute Gasteiger partial charge is 0.416 e. The summed E-state index contributed by atoms with van der Waals surface area (Å²) >= 11 is 12.1. The van der Waals surface area contributed by atoms with E-state index in [1.54, 1.807) is 24.3 Å². The lowest BCUT2D eigenvalue weighted by molar-refractivity contribution is -0.137. The quantitative estimate of drug-likeness (QED) is 0.340. The van der Waals surface area contributed by atoms with E-state index in [-0.39, 0.29) is 32.7 Å². The number of benzene rings is 3. The summed E-state index contributed by atoms with van der Waals surface area (Å²) in [7, 11) is 0. The van der Waals surface area contributed by atoms with Gasteiger partial charge in [-0.1, -0.05) is 48.3 Å². The Morgan fingerprint density at radius 3 is 2.30 bits per heavy atom. The van der Waals surface area contributed by atoms with E-state index in [0.29, 0.717) is 5.69 Å². The number of aryl methyl sites for hydroxylation is 1. The first-order valence-corrected chi connectivity index (χ1v) is 11.7. The van der Waals surface area contributed by atoms with E-state index in [0.717, 1.165) is 35.1 Å². The minimum absolute atomic E-state index is 0.0546. The second-order valence-corrected chi connectivity index (χ2v) is 8.79. The second kappa shape index (κ2) is 10.3. The number of carbonyl (C=O) groups excluding carboxylic acids is 3. The average Bonchev–Trinajstić information content (AvgIpc) is 3.08.